The molecule has 1 atom stereocenters. The van der Waals surface area contributed by atoms with Crippen molar-refractivity contribution in [3.8, 4) is 5.75 Å². The molecule has 4 aromatic carbocycles. The Balaban J connectivity index is 1.27. The van der Waals surface area contributed by atoms with Crippen LogP contribution in [0.1, 0.15) is 42.0 Å². The Kier molecular flexibility index (Phi) is 8.79. The number of amidine groups is 1. The van der Waals surface area contributed by atoms with Gasteiger partial charge in [0.05, 0.1) is 30.3 Å². The lowest BCUT2D eigenvalue weighted by Crippen LogP contribution is -2.43. The molecule has 8 heteroatoms. The number of ether oxygens (including phenoxy) is 1. The fourth-order valence-corrected chi connectivity index (χ4v) is 6.75. The first-order valence-corrected chi connectivity index (χ1v) is 15.7. The molecular formula is C36H34N4O3S. The highest BCUT2D eigenvalue weighted by molar-refractivity contribution is 8.13. The van der Waals surface area contributed by atoms with E-state index in [-0.39, 0.29) is 17.9 Å². The fourth-order valence-electron chi connectivity index (χ4n) is 5.73. The molecule has 6 rings (SSSR count). The summed E-state index contributed by atoms with van der Waals surface area (Å²) in [5, 5.41) is 7.12. The molecule has 1 fully saturated rings. The molecule has 2 aliphatic heterocycles. The molecule has 44 heavy (non-hydrogen) atoms. The van der Waals surface area contributed by atoms with Gasteiger partial charge in [-0.3, -0.25) is 9.59 Å². The van der Waals surface area contributed by atoms with Crippen LogP contribution < -0.4 is 15.4 Å². The third-order valence-corrected chi connectivity index (χ3v) is 8.95. The highest BCUT2D eigenvalue weighted by Gasteiger charge is 2.37. The number of carbonyl (C=O) groups is 2. The molecule has 0 radical (unpaired) electrons. The van der Waals surface area contributed by atoms with E-state index in [2.05, 4.69) is 15.5 Å². The van der Waals surface area contributed by atoms with Crippen LogP contribution in [0.2, 0.25) is 0 Å². The molecule has 1 saturated heterocycles. The number of nitrogens with zero attached hydrogens (tertiary/aromatic N) is 2. The van der Waals surface area contributed by atoms with Gasteiger partial charge in [0.2, 0.25) is 5.91 Å². The summed E-state index contributed by atoms with van der Waals surface area (Å²) in [7, 11) is 1.61. The molecule has 0 aromatic heterocycles. The smallest absolute Gasteiger partial charge is 0.255 e. The highest BCUT2D eigenvalue weighted by Crippen LogP contribution is 2.40. The number of fused-ring (bicyclic) bond motifs is 1. The SMILES string of the molecule is COc1ccc(NC(=O)C2=C(C)N=C3SCCCN3C2c2ccc(NC(=O)C(c3ccccc3)c3ccccc3)cc2)cc1. The van der Waals surface area contributed by atoms with Crippen LogP contribution in [0, 0.1) is 0 Å². The molecule has 2 aliphatic rings. The van der Waals surface area contributed by atoms with Crippen LogP contribution >= 0.6 is 11.8 Å². The summed E-state index contributed by atoms with van der Waals surface area (Å²) in [4.78, 5) is 34.5. The Labute approximate surface area is 262 Å². The number of hydrogen-bond acceptors (Lipinski definition) is 6. The van der Waals surface area contributed by atoms with Crippen LogP contribution in [0.15, 0.2) is 125 Å². The Morgan fingerprint density at radius 3 is 2.05 bits per heavy atom. The predicted octanol–water partition coefficient (Wildman–Crippen LogP) is 7.23. The number of thioether (sulfide) groups is 1. The van der Waals surface area contributed by atoms with Gasteiger partial charge in [-0.25, -0.2) is 4.99 Å². The lowest BCUT2D eigenvalue weighted by Gasteiger charge is -2.41. The minimum Gasteiger partial charge on any atom is -0.497 e. The topological polar surface area (TPSA) is 83.0 Å². The zero-order valence-corrected chi connectivity index (χ0v) is 25.5. The lowest BCUT2D eigenvalue weighted by molar-refractivity contribution is -0.117. The minimum absolute atomic E-state index is 0.107. The van der Waals surface area contributed by atoms with Crippen molar-refractivity contribution >= 4 is 40.1 Å². The van der Waals surface area contributed by atoms with Gasteiger partial charge in [0.25, 0.3) is 5.91 Å². The van der Waals surface area contributed by atoms with E-state index >= 15 is 0 Å². The zero-order valence-electron chi connectivity index (χ0n) is 24.7. The number of amides is 2. The molecule has 1 unspecified atom stereocenters. The Bertz CT molecular complexity index is 1650. The second-order valence-corrected chi connectivity index (χ2v) is 11.8. The molecule has 2 amide bonds. The number of methoxy groups -OCH3 is 1. The lowest BCUT2D eigenvalue weighted by atomic mass is 9.90. The summed E-state index contributed by atoms with van der Waals surface area (Å²) in [6, 6.07) is 34.4. The normalized spacial score (nSPS) is 16.2. The van der Waals surface area contributed by atoms with E-state index in [1.807, 2.05) is 116 Å². The van der Waals surface area contributed by atoms with Crippen LogP contribution in [0.3, 0.4) is 0 Å². The Morgan fingerprint density at radius 2 is 1.43 bits per heavy atom. The summed E-state index contributed by atoms with van der Waals surface area (Å²) in [6.07, 6.45) is 1.00. The van der Waals surface area contributed by atoms with Crippen molar-refractivity contribution in [3.05, 3.63) is 137 Å². The summed E-state index contributed by atoms with van der Waals surface area (Å²) in [5.41, 5.74) is 5.50. The van der Waals surface area contributed by atoms with E-state index in [1.165, 1.54) is 0 Å². The monoisotopic (exact) mass is 602 g/mol. The van der Waals surface area contributed by atoms with Gasteiger partial charge in [-0.2, -0.15) is 0 Å². The van der Waals surface area contributed by atoms with Gasteiger partial charge in [-0.15, -0.1) is 0 Å². The van der Waals surface area contributed by atoms with Crippen LogP contribution in [-0.2, 0) is 9.59 Å². The van der Waals surface area contributed by atoms with Crippen molar-refractivity contribution in [2.24, 2.45) is 4.99 Å². The van der Waals surface area contributed by atoms with Gasteiger partial charge in [-0.1, -0.05) is 84.6 Å². The zero-order chi connectivity index (χ0) is 30.5. The summed E-state index contributed by atoms with van der Waals surface area (Å²) in [5.74, 6) is 0.974. The fraction of sp³-hybridized carbons (Fsp3) is 0.194. The van der Waals surface area contributed by atoms with E-state index in [0.717, 1.165) is 46.3 Å². The van der Waals surface area contributed by atoms with E-state index < -0.39 is 5.92 Å². The molecule has 7 nitrogen and oxygen atoms in total. The third-order valence-electron chi connectivity index (χ3n) is 7.87. The number of carbonyl (C=O) groups excluding carboxylic acids is 2. The third kappa shape index (κ3) is 6.26. The molecule has 0 aliphatic carbocycles. The number of benzene rings is 4. The average molecular weight is 603 g/mol. The van der Waals surface area contributed by atoms with Crippen molar-refractivity contribution in [2.75, 3.05) is 30.0 Å². The van der Waals surface area contributed by atoms with E-state index in [9.17, 15) is 9.59 Å². The Hall–Kier alpha value is -4.82. The van der Waals surface area contributed by atoms with Crippen LogP contribution in [-0.4, -0.2) is 41.3 Å². The summed E-state index contributed by atoms with van der Waals surface area (Å²) < 4.78 is 5.26. The van der Waals surface area contributed by atoms with E-state index in [4.69, 9.17) is 9.73 Å². The van der Waals surface area contributed by atoms with Crippen LogP contribution in [0.25, 0.3) is 0 Å². The number of rotatable bonds is 8. The first-order chi connectivity index (χ1) is 21.5. The van der Waals surface area contributed by atoms with Gasteiger partial charge < -0.3 is 20.3 Å². The summed E-state index contributed by atoms with van der Waals surface area (Å²) in [6.45, 7) is 2.70. The standard InChI is InChI=1S/C36H34N4O3S/c1-24-31(34(41)38-29-18-20-30(43-2)21-19-29)33(40-22-9-23-44-36(40)37-24)27-14-16-28(17-15-27)39-35(42)32(25-10-5-3-6-11-25)26-12-7-4-8-13-26/h3-8,10-21,32-33H,9,22-23H2,1-2H3,(H,38,41)(H,39,42). The highest BCUT2D eigenvalue weighted by atomic mass is 32.2. The number of nitrogens with one attached hydrogen (secondary N) is 2. The van der Waals surface area contributed by atoms with Gasteiger partial charge >= 0.3 is 0 Å². The van der Waals surface area contributed by atoms with Gasteiger partial charge in [-0.05, 0) is 66.4 Å². The minimum atomic E-state index is -0.446. The second-order valence-electron chi connectivity index (χ2n) is 10.7. The number of anilines is 2. The van der Waals surface area contributed by atoms with Crippen LogP contribution in [0.5, 0.6) is 5.75 Å². The predicted molar refractivity (Wildman–Crippen MR) is 178 cm³/mol. The van der Waals surface area contributed by atoms with E-state index in [0.29, 0.717) is 22.6 Å². The van der Waals surface area contributed by atoms with Crippen molar-refractivity contribution < 1.29 is 14.3 Å². The maximum Gasteiger partial charge on any atom is 0.255 e. The first kappa shape index (κ1) is 29.3. The van der Waals surface area contributed by atoms with Crippen molar-refractivity contribution in [3.63, 3.8) is 0 Å². The molecule has 0 saturated carbocycles. The van der Waals surface area contributed by atoms with Crippen molar-refractivity contribution in [2.45, 2.75) is 25.3 Å². The van der Waals surface area contributed by atoms with Crippen molar-refractivity contribution in [1.29, 1.82) is 0 Å². The quantitative estimate of drug-likeness (QED) is 0.222. The largest absolute Gasteiger partial charge is 0.497 e. The van der Waals surface area contributed by atoms with Crippen LogP contribution in [0.4, 0.5) is 11.4 Å². The maximum absolute atomic E-state index is 13.8. The average Bonchev–Trinajstić information content (AvgIpc) is 3.06. The molecule has 2 heterocycles. The maximum atomic E-state index is 13.8. The molecular weight excluding hydrogens is 568 g/mol. The molecule has 4 aromatic rings. The summed E-state index contributed by atoms with van der Waals surface area (Å²) >= 11 is 1.72. The number of aliphatic imine (C=N–C) groups is 1. The number of allylic oxidation sites excluding steroid dienone is 1. The molecule has 222 valence electrons. The first-order valence-electron chi connectivity index (χ1n) is 14.7. The molecule has 0 bridgehead atoms. The van der Waals surface area contributed by atoms with Gasteiger partial charge in [0.1, 0.15) is 5.75 Å². The van der Waals surface area contributed by atoms with Gasteiger partial charge in [0, 0.05) is 23.7 Å². The number of hydrogen-bond donors (Lipinski definition) is 2. The Morgan fingerprint density at radius 1 is 0.841 bits per heavy atom. The molecule has 2 N–H and O–H groups in total. The molecule has 0 spiro atoms. The second kappa shape index (κ2) is 13.2. The van der Waals surface area contributed by atoms with E-state index in [1.54, 1.807) is 18.9 Å². The van der Waals surface area contributed by atoms with Gasteiger partial charge in [0.15, 0.2) is 5.17 Å². The van der Waals surface area contributed by atoms with Crippen molar-refractivity contribution in [1.82, 2.24) is 4.90 Å².